The van der Waals surface area contributed by atoms with Crippen LogP contribution >= 0.6 is 0 Å². The lowest BCUT2D eigenvalue weighted by Gasteiger charge is -2.19. The lowest BCUT2D eigenvalue weighted by molar-refractivity contribution is 0.0909. The van der Waals surface area contributed by atoms with Crippen LogP contribution in [0.25, 0.3) is 22.3 Å². The molecule has 2 heterocycles. The van der Waals surface area contributed by atoms with Gasteiger partial charge in [0.25, 0.3) is 0 Å². The number of benzene rings is 2. The summed E-state index contributed by atoms with van der Waals surface area (Å²) in [5.41, 5.74) is 5.06. The number of anilines is 1. The van der Waals surface area contributed by atoms with E-state index in [1.165, 1.54) is 5.56 Å². The zero-order chi connectivity index (χ0) is 24.1. The average Bonchev–Trinajstić information content (AvgIpc) is 3.20. The summed E-state index contributed by atoms with van der Waals surface area (Å²) >= 11 is 0. The van der Waals surface area contributed by atoms with Gasteiger partial charge < -0.3 is 19.3 Å². The van der Waals surface area contributed by atoms with E-state index >= 15 is 0 Å². The molecule has 2 aromatic carbocycles. The Morgan fingerprint density at radius 2 is 1.71 bits per heavy atom. The highest BCUT2D eigenvalue weighted by atomic mass is 28.3. The van der Waals surface area contributed by atoms with Crippen molar-refractivity contribution >= 4 is 24.9 Å². The second-order valence-corrected chi connectivity index (χ2v) is 15.6. The van der Waals surface area contributed by atoms with Crippen molar-refractivity contribution in [2.24, 2.45) is 0 Å². The van der Waals surface area contributed by atoms with Crippen LogP contribution in [0.1, 0.15) is 11.1 Å². The first-order valence-electron chi connectivity index (χ1n) is 11.7. The molecule has 6 nitrogen and oxygen atoms in total. The third-order valence-electron chi connectivity index (χ3n) is 5.94. The van der Waals surface area contributed by atoms with Gasteiger partial charge in [0.2, 0.25) is 0 Å². The Morgan fingerprint density at radius 1 is 0.971 bits per heavy atom. The second kappa shape index (κ2) is 10.5. The number of hydrogen-bond donors (Lipinski definition) is 1. The minimum absolute atomic E-state index is 0.0307. The van der Waals surface area contributed by atoms with Crippen LogP contribution in [0.5, 0.6) is 0 Å². The quantitative estimate of drug-likeness (QED) is 0.242. The van der Waals surface area contributed by atoms with Gasteiger partial charge in [-0.2, -0.15) is 0 Å². The van der Waals surface area contributed by atoms with E-state index in [0.717, 1.165) is 52.9 Å². The van der Waals surface area contributed by atoms with Crippen molar-refractivity contribution in [2.45, 2.75) is 45.6 Å². The van der Waals surface area contributed by atoms with E-state index in [4.69, 9.17) is 4.74 Å². The molecule has 0 atom stereocenters. The zero-order valence-electron chi connectivity index (χ0n) is 20.5. The fourth-order valence-corrected chi connectivity index (χ4v) is 4.73. The van der Waals surface area contributed by atoms with E-state index in [2.05, 4.69) is 76.5 Å². The Bertz CT molecular complexity index is 1220. The van der Waals surface area contributed by atoms with Crippen molar-refractivity contribution in [1.29, 1.82) is 0 Å². The molecule has 0 radical (unpaired) electrons. The minimum Gasteiger partial charge on any atom is -0.392 e. The van der Waals surface area contributed by atoms with Gasteiger partial charge in [-0.25, -0.2) is 9.97 Å². The molecule has 0 spiro atoms. The molecular formula is C27H34N4O2Si. The number of nitrogens with zero attached hydrogens (tertiary/aromatic N) is 4. The van der Waals surface area contributed by atoms with Gasteiger partial charge in [0.15, 0.2) is 0 Å². The third-order valence-corrected chi connectivity index (χ3v) is 7.65. The summed E-state index contributed by atoms with van der Waals surface area (Å²) < 4.78 is 8.28. The highest BCUT2D eigenvalue weighted by Crippen LogP contribution is 2.32. The smallest absolute Gasteiger partial charge is 0.147 e. The van der Waals surface area contributed by atoms with Crippen molar-refractivity contribution in [3.63, 3.8) is 0 Å². The fraction of sp³-hybridized carbons (Fsp3) is 0.333. The van der Waals surface area contributed by atoms with E-state index < -0.39 is 8.07 Å². The van der Waals surface area contributed by atoms with Crippen LogP contribution in [0.4, 0.5) is 5.82 Å². The van der Waals surface area contributed by atoms with Crippen molar-refractivity contribution in [2.75, 3.05) is 18.6 Å². The maximum Gasteiger partial charge on any atom is 0.147 e. The van der Waals surface area contributed by atoms with Crippen LogP contribution in [0.2, 0.25) is 25.7 Å². The molecule has 178 valence electrons. The molecule has 4 rings (SSSR count). The van der Waals surface area contributed by atoms with E-state index in [1.807, 2.05) is 30.3 Å². The molecule has 0 aliphatic rings. The molecular weight excluding hydrogens is 440 g/mol. The zero-order valence-corrected chi connectivity index (χ0v) is 21.5. The van der Waals surface area contributed by atoms with Gasteiger partial charge in [0.05, 0.1) is 17.7 Å². The Morgan fingerprint density at radius 3 is 2.38 bits per heavy atom. The van der Waals surface area contributed by atoms with Crippen LogP contribution in [-0.2, 0) is 24.6 Å². The van der Waals surface area contributed by atoms with Gasteiger partial charge in [-0.1, -0.05) is 74.2 Å². The lowest BCUT2D eigenvalue weighted by Crippen LogP contribution is -2.22. The summed E-state index contributed by atoms with van der Waals surface area (Å²) in [7, 11) is 0.889. The number of fused-ring (bicyclic) bond motifs is 1. The molecule has 0 unspecified atom stereocenters. The molecule has 0 aliphatic carbocycles. The molecule has 2 aromatic heterocycles. The molecule has 4 aromatic rings. The predicted molar refractivity (Wildman–Crippen MR) is 142 cm³/mol. The molecule has 0 bridgehead atoms. The third kappa shape index (κ3) is 5.73. The predicted octanol–water partition coefficient (Wildman–Crippen LogP) is 5.54. The molecule has 0 saturated heterocycles. The van der Waals surface area contributed by atoms with Gasteiger partial charge in [0, 0.05) is 28.3 Å². The number of aromatic nitrogens is 3. The Kier molecular flexibility index (Phi) is 7.46. The van der Waals surface area contributed by atoms with Crippen LogP contribution in [0.3, 0.4) is 0 Å². The van der Waals surface area contributed by atoms with E-state index in [-0.39, 0.29) is 6.61 Å². The molecule has 0 fully saturated rings. The Labute approximate surface area is 202 Å². The number of aliphatic hydroxyl groups is 1. The normalized spacial score (nSPS) is 11.8. The maximum absolute atomic E-state index is 9.45. The molecule has 0 saturated carbocycles. The molecule has 0 aliphatic heterocycles. The summed E-state index contributed by atoms with van der Waals surface area (Å²) in [4.78, 5) is 11.5. The maximum atomic E-state index is 9.45. The van der Waals surface area contributed by atoms with Crippen LogP contribution < -0.4 is 4.90 Å². The Balaban J connectivity index is 1.71. The van der Waals surface area contributed by atoms with Gasteiger partial charge >= 0.3 is 0 Å². The topological polar surface area (TPSA) is 63.4 Å². The van der Waals surface area contributed by atoms with Gasteiger partial charge in [-0.05, 0) is 28.8 Å². The SMILES string of the molecule is CN(Cc1ccccc1)c1ncnc2c1cc(-c1ccc(CO)cc1)n2COCC[Si](C)(C)C. The highest BCUT2D eigenvalue weighted by molar-refractivity contribution is 6.76. The number of rotatable bonds is 10. The molecule has 1 N–H and O–H groups in total. The second-order valence-electron chi connectivity index (χ2n) is 9.94. The van der Waals surface area contributed by atoms with Crippen molar-refractivity contribution in [3.05, 3.63) is 78.1 Å². The summed E-state index contributed by atoms with van der Waals surface area (Å²) in [6, 6.07) is 21.7. The first-order chi connectivity index (χ1) is 16.4. The van der Waals surface area contributed by atoms with Crippen molar-refractivity contribution in [3.8, 4) is 11.3 Å². The Hall–Kier alpha value is -3.00. The summed E-state index contributed by atoms with van der Waals surface area (Å²) in [6.45, 7) is 9.04. The minimum atomic E-state index is -1.17. The first-order valence-corrected chi connectivity index (χ1v) is 15.4. The van der Waals surface area contributed by atoms with E-state index in [9.17, 15) is 5.11 Å². The summed E-state index contributed by atoms with van der Waals surface area (Å²) in [5.74, 6) is 0.892. The number of ether oxygens (including phenoxy) is 1. The molecule has 34 heavy (non-hydrogen) atoms. The highest BCUT2D eigenvalue weighted by Gasteiger charge is 2.18. The van der Waals surface area contributed by atoms with Crippen LogP contribution in [0.15, 0.2) is 67.0 Å². The number of aliphatic hydroxyl groups excluding tert-OH is 1. The summed E-state index contributed by atoms with van der Waals surface area (Å²) in [5, 5.41) is 10.4. The standard InChI is InChI=1S/C27H34N4O2Si/c1-30(17-21-8-6-5-7-9-21)26-24-16-25(23-12-10-22(18-32)11-13-23)31(27(24)29-19-28-26)20-33-14-15-34(2,3)4/h5-13,16,19,32H,14-15,17-18,20H2,1-4H3. The van der Waals surface area contributed by atoms with Gasteiger partial charge in [-0.3, -0.25) is 0 Å². The monoisotopic (exact) mass is 474 g/mol. The average molecular weight is 475 g/mol. The van der Waals surface area contributed by atoms with Crippen molar-refractivity contribution < 1.29 is 9.84 Å². The number of hydrogen-bond acceptors (Lipinski definition) is 5. The van der Waals surface area contributed by atoms with Crippen LogP contribution in [0, 0.1) is 0 Å². The van der Waals surface area contributed by atoms with Crippen molar-refractivity contribution in [1.82, 2.24) is 14.5 Å². The fourth-order valence-electron chi connectivity index (χ4n) is 3.97. The van der Waals surface area contributed by atoms with E-state index in [0.29, 0.717) is 6.73 Å². The van der Waals surface area contributed by atoms with Gasteiger partial charge in [-0.15, -0.1) is 0 Å². The largest absolute Gasteiger partial charge is 0.392 e. The lowest BCUT2D eigenvalue weighted by atomic mass is 10.1. The van der Waals surface area contributed by atoms with Gasteiger partial charge in [0.1, 0.15) is 24.5 Å². The van der Waals surface area contributed by atoms with E-state index in [1.54, 1.807) is 6.33 Å². The first kappa shape index (κ1) is 24.1. The molecule has 0 amide bonds. The van der Waals surface area contributed by atoms with Crippen LogP contribution in [-0.4, -0.2) is 41.4 Å². The summed E-state index contributed by atoms with van der Waals surface area (Å²) in [6.07, 6.45) is 1.64. The molecule has 7 heteroatoms.